The lowest BCUT2D eigenvalue weighted by Crippen LogP contribution is -2.27. The molecule has 0 spiro atoms. The van der Waals surface area contributed by atoms with Crippen LogP contribution in [0.15, 0.2) is 0 Å². The summed E-state index contributed by atoms with van der Waals surface area (Å²) in [7, 11) is 0. The standard InChI is InChI=1S/C13H22O4.C2H6O2/c1-9(2)7-8-17-13(16)11-5-3-10(4-6-11)12(14)15;3-1-2-4/h9-11H,3-8H2,1-2H3,(H,14,15);3-4H,1-2H2. The van der Waals surface area contributed by atoms with Crippen LogP contribution in [0.2, 0.25) is 0 Å². The molecule has 1 aliphatic carbocycles. The van der Waals surface area contributed by atoms with E-state index in [2.05, 4.69) is 13.8 Å². The van der Waals surface area contributed by atoms with Crippen LogP contribution in [0.5, 0.6) is 0 Å². The van der Waals surface area contributed by atoms with Crippen molar-refractivity contribution < 1.29 is 29.6 Å². The molecule has 1 aliphatic rings. The van der Waals surface area contributed by atoms with E-state index in [1.807, 2.05) is 0 Å². The van der Waals surface area contributed by atoms with Crippen LogP contribution in [0.25, 0.3) is 0 Å². The predicted octanol–water partition coefficient (Wildman–Crippen LogP) is 1.44. The van der Waals surface area contributed by atoms with E-state index in [-0.39, 0.29) is 31.0 Å². The van der Waals surface area contributed by atoms with Gasteiger partial charge in [0.25, 0.3) is 0 Å². The first-order valence-corrected chi connectivity index (χ1v) is 7.53. The minimum absolute atomic E-state index is 0.0854. The van der Waals surface area contributed by atoms with Crippen molar-refractivity contribution >= 4 is 11.9 Å². The maximum absolute atomic E-state index is 11.7. The van der Waals surface area contributed by atoms with E-state index in [9.17, 15) is 9.59 Å². The topological polar surface area (TPSA) is 104 Å². The van der Waals surface area contributed by atoms with Crippen molar-refractivity contribution in [2.45, 2.75) is 46.0 Å². The molecule has 1 fully saturated rings. The molecule has 0 unspecified atom stereocenters. The number of esters is 1. The van der Waals surface area contributed by atoms with Crippen molar-refractivity contribution in [2.24, 2.45) is 17.8 Å². The lowest BCUT2D eigenvalue weighted by Gasteiger charge is -2.24. The van der Waals surface area contributed by atoms with Gasteiger partial charge in [-0.25, -0.2) is 0 Å². The molecule has 0 aromatic rings. The van der Waals surface area contributed by atoms with Gasteiger partial charge in [-0.3, -0.25) is 9.59 Å². The van der Waals surface area contributed by atoms with Gasteiger partial charge in [-0.2, -0.15) is 0 Å². The van der Waals surface area contributed by atoms with Gasteiger partial charge in [0.2, 0.25) is 0 Å². The highest BCUT2D eigenvalue weighted by atomic mass is 16.5. The van der Waals surface area contributed by atoms with Gasteiger partial charge in [0.15, 0.2) is 0 Å². The van der Waals surface area contributed by atoms with Crippen molar-refractivity contribution in [1.29, 1.82) is 0 Å². The number of carboxylic acids is 1. The Bertz CT molecular complexity index is 293. The highest BCUT2D eigenvalue weighted by molar-refractivity contribution is 5.74. The molecule has 21 heavy (non-hydrogen) atoms. The first-order valence-electron chi connectivity index (χ1n) is 7.53. The number of carbonyl (C=O) groups is 2. The zero-order valence-corrected chi connectivity index (χ0v) is 13.0. The van der Waals surface area contributed by atoms with Crippen molar-refractivity contribution in [2.75, 3.05) is 19.8 Å². The highest BCUT2D eigenvalue weighted by Crippen LogP contribution is 2.29. The number of ether oxygens (including phenoxy) is 1. The number of hydrogen-bond donors (Lipinski definition) is 3. The highest BCUT2D eigenvalue weighted by Gasteiger charge is 2.30. The number of rotatable bonds is 6. The summed E-state index contributed by atoms with van der Waals surface area (Å²) in [6.07, 6.45) is 3.38. The van der Waals surface area contributed by atoms with Gasteiger partial charge in [0, 0.05) is 0 Å². The molecule has 6 nitrogen and oxygen atoms in total. The van der Waals surface area contributed by atoms with Crippen molar-refractivity contribution in [3.63, 3.8) is 0 Å². The second-order valence-corrected chi connectivity index (χ2v) is 5.68. The third-order valence-electron chi connectivity index (χ3n) is 3.45. The van der Waals surface area contributed by atoms with Gasteiger partial charge >= 0.3 is 11.9 Å². The summed E-state index contributed by atoms with van der Waals surface area (Å²) in [6.45, 7) is 4.41. The van der Waals surface area contributed by atoms with E-state index in [4.69, 9.17) is 20.1 Å². The lowest BCUT2D eigenvalue weighted by molar-refractivity contribution is -0.153. The van der Waals surface area contributed by atoms with Gasteiger partial charge in [-0.15, -0.1) is 0 Å². The quantitative estimate of drug-likeness (QED) is 0.641. The smallest absolute Gasteiger partial charge is 0.308 e. The molecule has 0 atom stereocenters. The summed E-state index contributed by atoms with van der Waals surface area (Å²) < 4.78 is 5.20. The maximum atomic E-state index is 11.7. The van der Waals surface area contributed by atoms with E-state index in [1.54, 1.807) is 0 Å². The van der Waals surface area contributed by atoms with E-state index in [0.717, 1.165) is 6.42 Å². The largest absolute Gasteiger partial charge is 0.481 e. The zero-order chi connectivity index (χ0) is 16.3. The van der Waals surface area contributed by atoms with Crippen LogP contribution in [0.4, 0.5) is 0 Å². The Morgan fingerprint density at radius 3 is 1.90 bits per heavy atom. The van der Waals surface area contributed by atoms with Crippen LogP contribution in [0.3, 0.4) is 0 Å². The predicted molar refractivity (Wildman–Crippen MR) is 77.7 cm³/mol. The van der Waals surface area contributed by atoms with E-state index in [0.29, 0.717) is 38.2 Å². The molecular weight excluding hydrogens is 276 g/mol. The molecule has 0 bridgehead atoms. The summed E-state index contributed by atoms with van der Waals surface area (Å²) >= 11 is 0. The molecule has 0 heterocycles. The molecule has 0 aromatic carbocycles. The number of carbonyl (C=O) groups excluding carboxylic acids is 1. The Balaban J connectivity index is 0.000000885. The summed E-state index contributed by atoms with van der Waals surface area (Å²) in [5, 5.41) is 24.1. The van der Waals surface area contributed by atoms with Gasteiger partial charge in [-0.1, -0.05) is 13.8 Å². The fourth-order valence-electron chi connectivity index (χ4n) is 2.09. The normalized spacial score (nSPS) is 21.4. The van der Waals surface area contributed by atoms with Crippen LogP contribution in [0.1, 0.15) is 46.0 Å². The van der Waals surface area contributed by atoms with Crippen LogP contribution in [-0.2, 0) is 14.3 Å². The first kappa shape index (κ1) is 19.9. The summed E-state index contributed by atoms with van der Waals surface area (Å²) in [5.41, 5.74) is 0. The van der Waals surface area contributed by atoms with E-state index in [1.165, 1.54) is 0 Å². The zero-order valence-electron chi connectivity index (χ0n) is 13.0. The summed E-state index contributed by atoms with van der Waals surface area (Å²) in [6, 6.07) is 0. The van der Waals surface area contributed by atoms with Crippen molar-refractivity contribution in [3.05, 3.63) is 0 Å². The fraction of sp³-hybridized carbons (Fsp3) is 0.867. The number of aliphatic hydroxyl groups excluding tert-OH is 2. The minimum Gasteiger partial charge on any atom is -0.481 e. The Labute approximate surface area is 126 Å². The monoisotopic (exact) mass is 304 g/mol. The van der Waals surface area contributed by atoms with Crippen LogP contribution >= 0.6 is 0 Å². The second-order valence-electron chi connectivity index (χ2n) is 5.68. The number of aliphatic carboxylic acids is 1. The fourth-order valence-corrected chi connectivity index (χ4v) is 2.09. The molecule has 0 aliphatic heterocycles. The average Bonchev–Trinajstić information content (AvgIpc) is 2.47. The SMILES string of the molecule is CC(C)CCOC(=O)C1CCC(C(=O)O)CC1.OCCO. The Morgan fingerprint density at radius 1 is 1.05 bits per heavy atom. The van der Waals surface area contributed by atoms with E-state index < -0.39 is 5.97 Å². The Morgan fingerprint density at radius 2 is 1.52 bits per heavy atom. The molecule has 0 amide bonds. The number of hydrogen-bond acceptors (Lipinski definition) is 5. The molecule has 124 valence electrons. The Kier molecular flexibility index (Phi) is 10.9. The molecule has 1 saturated carbocycles. The first-order chi connectivity index (χ1) is 9.92. The number of carboxylic acid groups (broad SMARTS) is 1. The molecule has 6 heteroatoms. The van der Waals surface area contributed by atoms with Gasteiger partial charge in [0.1, 0.15) is 0 Å². The third-order valence-corrected chi connectivity index (χ3v) is 3.45. The van der Waals surface area contributed by atoms with Crippen molar-refractivity contribution in [1.82, 2.24) is 0 Å². The number of aliphatic hydroxyl groups is 2. The average molecular weight is 304 g/mol. The molecular formula is C15H28O6. The van der Waals surface area contributed by atoms with Crippen LogP contribution < -0.4 is 0 Å². The maximum Gasteiger partial charge on any atom is 0.308 e. The molecule has 3 N–H and O–H groups in total. The second kappa shape index (κ2) is 11.5. The molecule has 0 radical (unpaired) electrons. The van der Waals surface area contributed by atoms with Crippen molar-refractivity contribution in [3.8, 4) is 0 Å². The Hall–Kier alpha value is -1.14. The van der Waals surface area contributed by atoms with Gasteiger partial charge < -0.3 is 20.1 Å². The third kappa shape index (κ3) is 9.42. The lowest BCUT2D eigenvalue weighted by atomic mass is 9.82. The molecule has 1 rings (SSSR count). The van der Waals surface area contributed by atoms with Crippen LogP contribution in [-0.4, -0.2) is 47.1 Å². The molecule has 0 saturated heterocycles. The summed E-state index contributed by atoms with van der Waals surface area (Å²) in [5.74, 6) is -0.705. The minimum atomic E-state index is -0.739. The van der Waals surface area contributed by atoms with Crippen LogP contribution in [0, 0.1) is 17.8 Å². The van der Waals surface area contributed by atoms with Gasteiger partial charge in [0.05, 0.1) is 31.7 Å². The summed E-state index contributed by atoms with van der Waals surface area (Å²) in [4.78, 5) is 22.4. The van der Waals surface area contributed by atoms with Gasteiger partial charge in [-0.05, 0) is 38.0 Å². The molecule has 0 aromatic heterocycles. The van der Waals surface area contributed by atoms with E-state index >= 15 is 0 Å².